The highest BCUT2D eigenvalue weighted by Crippen LogP contribution is 2.49. The number of aliphatic hydroxyl groups excluding tert-OH is 2. The van der Waals surface area contributed by atoms with Gasteiger partial charge in [-0.05, 0) is 43.4 Å². The van der Waals surface area contributed by atoms with E-state index in [9.17, 15) is 15.0 Å². The maximum atomic E-state index is 13.8. The van der Waals surface area contributed by atoms with E-state index >= 15 is 0 Å². The number of fused-ring (bicyclic) bond motifs is 3. The van der Waals surface area contributed by atoms with Crippen molar-refractivity contribution in [3.8, 4) is 0 Å². The summed E-state index contributed by atoms with van der Waals surface area (Å²) in [6.07, 6.45) is 0.562. The Morgan fingerprint density at radius 1 is 1.17 bits per heavy atom. The Balaban J connectivity index is 1.66. The minimum absolute atomic E-state index is 0.0319. The number of hydrogen-bond donors (Lipinski definition) is 2. The van der Waals surface area contributed by atoms with Crippen molar-refractivity contribution >= 4 is 5.91 Å². The van der Waals surface area contributed by atoms with Crippen molar-refractivity contribution in [2.45, 2.75) is 57.1 Å². The smallest absolute Gasteiger partial charge is 0.228 e. The number of hydrogen-bond acceptors (Lipinski definition) is 4. The van der Waals surface area contributed by atoms with Crippen LogP contribution >= 0.6 is 0 Å². The van der Waals surface area contributed by atoms with Crippen LogP contribution in [0.1, 0.15) is 43.0 Å². The van der Waals surface area contributed by atoms with Gasteiger partial charge in [-0.3, -0.25) is 4.79 Å². The monoisotopic (exact) mass is 395 g/mol. The van der Waals surface area contributed by atoms with Gasteiger partial charge in [0.05, 0.1) is 24.9 Å². The molecule has 0 saturated carbocycles. The van der Waals surface area contributed by atoms with Crippen molar-refractivity contribution in [1.82, 2.24) is 4.90 Å². The zero-order chi connectivity index (χ0) is 20.6. The van der Waals surface area contributed by atoms with Crippen LogP contribution in [-0.4, -0.2) is 45.6 Å². The first-order chi connectivity index (χ1) is 13.9. The molecule has 0 spiro atoms. The van der Waals surface area contributed by atoms with E-state index in [-0.39, 0.29) is 31.1 Å². The summed E-state index contributed by atoms with van der Waals surface area (Å²) in [6, 6.07) is 17.9. The van der Waals surface area contributed by atoms with E-state index in [1.807, 2.05) is 61.2 Å². The molecule has 2 aromatic rings. The van der Waals surface area contributed by atoms with Crippen molar-refractivity contribution in [3.05, 3.63) is 71.3 Å². The van der Waals surface area contributed by atoms with Gasteiger partial charge in [-0.25, -0.2) is 0 Å². The predicted octanol–water partition coefficient (Wildman–Crippen LogP) is 2.85. The highest BCUT2D eigenvalue weighted by molar-refractivity contribution is 5.81. The maximum absolute atomic E-state index is 13.8. The Bertz CT molecular complexity index is 866. The van der Waals surface area contributed by atoms with Crippen LogP contribution in [0.4, 0.5) is 0 Å². The van der Waals surface area contributed by atoms with Crippen molar-refractivity contribution in [2.75, 3.05) is 6.61 Å². The molecule has 1 heterocycles. The third-order valence-corrected chi connectivity index (χ3v) is 6.12. The Morgan fingerprint density at radius 2 is 1.86 bits per heavy atom. The predicted molar refractivity (Wildman–Crippen MR) is 110 cm³/mol. The third-order valence-electron chi connectivity index (χ3n) is 6.12. The number of aliphatic hydroxyl groups is 2. The lowest BCUT2D eigenvalue weighted by molar-refractivity contribution is -0.153. The fourth-order valence-corrected chi connectivity index (χ4v) is 4.88. The molecule has 5 nitrogen and oxygen atoms in total. The zero-order valence-electron chi connectivity index (χ0n) is 17.0. The second-order valence-electron chi connectivity index (χ2n) is 8.62. The van der Waals surface area contributed by atoms with Crippen LogP contribution in [0, 0.1) is 5.92 Å². The molecule has 0 radical (unpaired) electrons. The van der Waals surface area contributed by atoms with Gasteiger partial charge in [-0.15, -0.1) is 0 Å². The van der Waals surface area contributed by atoms with Crippen LogP contribution in [0.5, 0.6) is 0 Å². The van der Waals surface area contributed by atoms with E-state index < -0.39 is 17.7 Å². The molecule has 0 bridgehead atoms. The summed E-state index contributed by atoms with van der Waals surface area (Å²) in [4.78, 5) is 15.7. The molecule has 29 heavy (non-hydrogen) atoms. The normalized spacial score (nSPS) is 24.1. The van der Waals surface area contributed by atoms with E-state index in [0.717, 1.165) is 17.5 Å². The molecule has 1 amide bonds. The lowest BCUT2D eigenvalue weighted by atomic mass is 9.90. The number of carbonyl (C=O) groups is 1. The Labute approximate surface area is 171 Å². The quantitative estimate of drug-likeness (QED) is 0.789. The number of nitrogens with zero attached hydrogens (tertiary/aromatic N) is 1. The zero-order valence-corrected chi connectivity index (χ0v) is 17.0. The first-order valence-corrected chi connectivity index (χ1v) is 10.3. The number of rotatable bonds is 6. The van der Waals surface area contributed by atoms with Gasteiger partial charge < -0.3 is 19.8 Å². The molecule has 4 rings (SSSR count). The molecule has 1 fully saturated rings. The average Bonchev–Trinajstić information content (AvgIpc) is 3.17. The van der Waals surface area contributed by atoms with Crippen LogP contribution in [0.2, 0.25) is 0 Å². The van der Waals surface area contributed by atoms with Crippen molar-refractivity contribution < 1.29 is 19.7 Å². The van der Waals surface area contributed by atoms with Crippen LogP contribution in [-0.2, 0) is 22.4 Å². The Morgan fingerprint density at radius 3 is 2.59 bits per heavy atom. The van der Waals surface area contributed by atoms with E-state index in [1.54, 1.807) is 0 Å². The van der Waals surface area contributed by atoms with Gasteiger partial charge in [0.1, 0.15) is 5.72 Å². The lowest BCUT2D eigenvalue weighted by Crippen LogP contribution is -2.48. The van der Waals surface area contributed by atoms with Gasteiger partial charge in [0.15, 0.2) is 0 Å². The number of benzene rings is 2. The Hall–Kier alpha value is -2.21. The summed E-state index contributed by atoms with van der Waals surface area (Å²) >= 11 is 0. The van der Waals surface area contributed by atoms with Crippen molar-refractivity contribution in [1.29, 1.82) is 0 Å². The molecule has 1 aliphatic heterocycles. The summed E-state index contributed by atoms with van der Waals surface area (Å²) in [5.41, 5.74) is 2.69. The van der Waals surface area contributed by atoms with Crippen molar-refractivity contribution in [3.63, 3.8) is 0 Å². The molecule has 154 valence electrons. The van der Waals surface area contributed by atoms with Gasteiger partial charge in [0.2, 0.25) is 5.91 Å². The van der Waals surface area contributed by atoms with Crippen LogP contribution in [0.3, 0.4) is 0 Å². The van der Waals surface area contributed by atoms with Gasteiger partial charge >= 0.3 is 0 Å². The summed E-state index contributed by atoms with van der Waals surface area (Å²) in [5, 5.41) is 19.5. The van der Waals surface area contributed by atoms with E-state index in [2.05, 4.69) is 12.1 Å². The molecule has 2 aliphatic rings. The average molecular weight is 395 g/mol. The second kappa shape index (κ2) is 7.90. The fourth-order valence-electron chi connectivity index (χ4n) is 4.88. The summed E-state index contributed by atoms with van der Waals surface area (Å²) in [6.45, 7) is 3.52. The third kappa shape index (κ3) is 3.82. The first-order valence-electron chi connectivity index (χ1n) is 10.3. The molecule has 0 unspecified atom stereocenters. The SMILES string of the molecule is CC1(C)O[C@@H]2Cc3ccccc3[C@@H]2N1C(=O)[C@H](Cc1ccccc1)C[C@@H](O)CO. The number of amides is 1. The topological polar surface area (TPSA) is 70.0 Å². The molecule has 5 heteroatoms. The Kier molecular flexibility index (Phi) is 5.47. The van der Waals surface area contributed by atoms with E-state index in [4.69, 9.17) is 4.74 Å². The molecular formula is C24H29NO4. The minimum Gasteiger partial charge on any atom is -0.394 e. The van der Waals surface area contributed by atoms with Gasteiger partial charge in [0, 0.05) is 12.3 Å². The first kappa shape index (κ1) is 20.1. The van der Waals surface area contributed by atoms with Crippen molar-refractivity contribution in [2.24, 2.45) is 5.92 Å². The van der Waals surface area contributed by atoms with Crippen LogP contribution in [0.25, 0.3) is 0 Å². The largest absolute Gasteiger partial charge is 0.394 e. The van der Waals surface area contributed by atoms with Gasteiger partial charge in [0.25, 0.3) is 0 Å². The molecule has 4 atom stereocenters. The second-order valence-corrected chi connectivity index (χ2v) is 8.62. The van der Waals surface area contributed by atoms with Crippen LogP contribution < -0.4 is 0 Å². The molecule has 0 aromatic heterocycles. The maximum Gasteiger partial charge on any atom is 0.228 e. The van der Waals surface area contributed by atoms with E-state index in [1.165, 1.54) is 5.56 Å². The van der Waals surface area contributed by atoms with Gasteiger partial charge in [-0.1, -0.05) is 54.6 Å². The summed E-state index contributed by atoms with van der Waals surface area (Å²) in [7, 11) is 0. The summed E-state index contributed by atoms with van der Waals surface area (Å²) < 4.78 is 6.31. The van der Waals surface area contributed by atoms with Gasteiger partial charge in [-0.2, -0.15) is 0 Å². The molecule has 2 N–H and O–H groups in total. The molecular weight excluding hydrogens is 366 g/mol. The minimum atomic E-state index is -0.925. The highest BCUT2D eigenvalue weighted by Gasteiger charge is 2.54. The molecule has 1 aliphatic carbocycles. The number of ether oxygens (including phenoxy) is 1. The molecule has 1 saturated heterocycles. The fraction of sp³-hybridized carbons (Fsp3) is 0.458. The van der Waals surface area contributed by atoms with Crippen LogP contribution in [0.15, 0.2) is 54.6 Å². The number of carbonyl (C=O) groups excluding carboxylic acids is 1. The van der Waals surface area contributed by atoms with E-state index in [0.29, 0.717) is 6.42 Å². The lowest BCUT2D eigenvalue weighted by Gasteiger charge is -2.37. The molecule has 2 aromatic carbocycles. The highest BCUT2D eigenvalue weighted by atomic mass is 16.5. The standard InChI is InChI=1S/C24H29NO4/c1-24(2)25(22-20-11-7-6-10-17(20)14-21(22)29-24)23(28)18(13-19(27)15-26)12-16-8-4-3-5-9-16/h3-11,18-19,21-22,26-27H,12-15H2,1-2H3/t18-,19-,21-,22+/m1/s1. The summed E-state index contributed by atoms with van der Waals surface area (Å²) in [5.74, 6) is -0.468.